The van der Waals surface area contributed by atoms with E-state index in [1.165, 1.54) is 0 Å². The van der Waals surface area contributed by atoms with Gasteiger partial charge in [-0.1, -0.05) is 6.07 Å². The Morgan fingerprint density at radius 3 is 3.00 bits per heavy atom. The molecular formula is C18H25N5O2. The molecule has 0 spiro atoms. The highest BCUT2D eigenvalue weighted by atomic mass is 16.5. The number of ether oxygens (including phenoxy) is 1. The number of rotatable bonds is 5. The molecule has 1 fully saturated rings. The van der Waals surface area contributed by atoms with Crippen molar-refractivity contribution in [1.29, 1.82) is 0 Å². The summed E-state index contributed by atoms with van der Waals surface area (Å²) in [5.41, 5.74) is 2.97. The molecule has 0 radical (unpaired) electrons. The first-order valence-electron chi connectivity index (χ1n) is 8.60. The smallest absolute Gasteiger partial charge is 0.223 e. The molecule has 3 heterocycles. The van der Waals surface area contributed by atoms with E-state index in [9.17, 15) is 4.79 Å². The maximum absolute atomic E-state index is 12.6. The van der Waals surface area contributed by atoms with Crippen molar-refractivity contribution >= 4 is 11.7 Å². The number of aryl methyl sites for hydroxylation is 3. The molecule has 1 amide bonds. The lowest BCUT2D eigenvalue weighted by atomic mass is 10.1. The van der Waals surface area contributed by atoms with Gasteiger partial charge in [-0.25, -0.2) is 4.98 Å². The Morgan fingerprint density at radius 1 is 1.44 bits per heavy atom. The molecule has 1 saturated heterocycles. The van der Waals surface area contributed by atoms with Crippen molar-refractivity contribution in [3.8, 4) is 0 Å². The van der Waals surface area contributed by atoms with Gasteiger partial charge >= 0.3 is 0 Å². The molecule has 1 N–H and O–H groups in total. The highest BCUT2D eigenvalue weighted by Crippen LogP contribution is 2.22. The quantitative estimate of drug-likeness (QED) is 0.895. The highest BCUT2D eigenvalue weighted by Gasteiger charge is 2.26. The monoisotopic (exact) mass is 343 g/mol. The Bertz CT molecular complexity index is 743. The number of nitrogens with zero attached hydrogens (tertiary/aromatic N) is 4. The van der Waals surface area contributed by atoms with Crippen LogP contribution in [0.3, 0.4) is 0 Å². The summed E-state index contributed by atoms with van der Waals surface area (Å²) in [7, 11) is 3.74. The van der Waals surface area contributed by atoms with E-state index in [4.69, 9.17) is 4.74 Å². The lowest BCUT2D eigenvalue weighted by Gasteiger charge is -2.33. The molecule has 2 aromatic heterocycles. The average molecular weight is 343 g/mol. The van der Waals surface area contributed by atoms with Crippen LogP contribution in [0.5, 0.6) is 0 Å². The van der Waals surface area contributed by atoms with Crippen LogP contribution in [-0.2, 0) is 23.0 Å². The van der Waals surface area contributed by atoms with Crippen molar-refractivity contribution in [2.45, 2.75) is 25.9 Å². The Balaban J connectivity index is 1.60. The number of carbonyl (C=O) groups is 1. The lowest BCUT2D eigenvalue weighted by Crippen LogP contribution is -2.42. The topological polar surface area (TPSA) is 72.3 Å². The SMILES string of the molecule is CNc1cccc([C@@H]2CN(C(=O)CCc3cn(C)nc3C)CCO2)n1. The number of hydrogen-bond acceptors (Lipinski definition) is 5. The summed E-state index contributed by atoms with van der Waals surface area (Å²) in [6.45, 7) is 3.69. The van der Waals surface area contributed by atoms with E-state index >= 15 is 0 Å². The summed E-state index contributed by atoms with van der Waals surface area (Å²) in [5.74, 6) is 0.956. The highest BCUT2D eigenvalue weighted by molar-refractivity contribution is 5.76. The minimum atomic E-state index is -0.175. The van der Waals surface area contributed by atoms with Crippen molar-refractivity contribution in [1.82, 2.24) is 19.7 Å². The van der Waals surface area contributed by atoms with E-state index < -0.39 is 0 Å². The Kier molecular flexibility index (Phi) is 5.33. The number of amides is 1. The first-order valence-corrected chi connectivity index (χ1v) is 8.60. The number of carbonyl (C=O) groups excluding carboxylic acids is 1. The van der Waals surface area contributed by atoms with Crippen LogP contribution in [0.2, 0.25) is 0 Å². The van der Waals surface area contributed by atoms with Gasteiger partial charge in [-0.3, -0.25) is 9.48 Å². The molecule has 1 aliphatic heterocycles. The van der Waals surface area contributed by atoms with E-state index in [0.717, 1.165) is 22.8 Å². The summed E-state index contributed by atoms with van der Waals surface area (Å²) in [6.07, 6.45) is 3.01. The number of nitrogens with one attached hydrogen (secondary N) is 1. The molecule has 0 aliphatic carbocycles. The predicted octanol–water partition coefficient (Wildman–Crippen LogP) is 1.70. The molecule has 0 saturated carbocycles. The molecule has 7 heteroatoms. The van der Waals surface area contributed by atoms with Crippen LogP contribution in [0.1, 0.15) is 29.5 Å². The molecule has 7 nitrogen and oxygen atoms in total. The molecule has 1 atom stereocenters. The summed E-state index contributed by atoms with van der Waals surface area (Å²) in [4.78, 5) is 19.0. The van der Waals surface area contributed by atoms with Crippen molar-refractivity contribution in [2.75, 3.05) is 32.1 Å². The number of morpholine rings is 1. The van der Waals surface area contributed by atoms with Gasteiger partial charge in [0.25, 0.3) is 0 Å². The van der Waals surface area contributed by atoms with Crippen LogP contribution in [0.25, 0.3) is 0 Å². The standard InChI is InChI=1S/C18H25N5O2/c1-13-14(11-22(3)21-13)7-8-18(24)23-9-10-25-16(12-23)15-5-4-6-17(19-2)20-15/h4-6,11,16H,7-10,12H2,1-3H3,(H,19,20)/t16-/m0/s1. The van der Waals surface area contributed by atoms with Crippen molar-refractivity contribution in [2.24, 2.45) is 7.05 Å². The van der Waals surface area contributed by atoms with E-state index in [-0.39, 0.29) is 12.0 Å². The number of pyridine rings is 1. The van der Waals surface area contributed by atoms with Gasteiger partial charge < -0.3 is 15.0 Å². The maximum Gasteiger partial charge on any atom is 0.223 e. The minimum Gasteiger partial charge on any atom is -0.373 e. The molecule has 25 heavy (non-hydrogen) atoms. The van der Waals surface area contributed by atoms with Crippen LogP contribution < -0.4 is 5.32 Å². The molecule has 1 aliphatic rings. The first-order chi connectivity index (χ1) is 12.1. The summed E-state index contributed by atoms with van der Waals surface area (Å²) in [5, 5.41) is 7.36. The predicted molar refractivity (Wildman–Crippen MR) is 95.3 cm³/mol. The molecular weight excluding hydrogens is 318 g/mol. The zero-order valence-corrected chi connectivity index (χ0v) is 15.0. The third-order valence-corrected chi connectivity index (χ3v) is 4.50. The molecule has 0 bridgehead atoms. The largest absolute Gasteiger partial charge is 0.373 e. The van der Waals surface area contributed by atoms with E-state index in [1.807, 2.05) is 50.3 Å². The Hall–Kier alpha value is -2.41. The van der Waals surface area contributed by atoms with Gasteiger partial charge in [0.05, 0.1) is 24.5 Å². The fourth-order valence-electron chi connectivity index (χ4n) is 3.12. The van der Waals surface area contributed by atoms with Crippen molar-refractivity contribution in [3.05, 3.63) is 41.3 Å². The zero-order chi connectivity index (χ0) is 17.8. The van der Waals surface area contributed by atoms with Crippen LogP contribution in [0.4, 0.5) is 5.82 Å². The summed E-state index contributed by atoms with van der Waals surface area (Å²) >= 11 is 0. The van der Waals surface area contributed by atoms with Crippen LogP contribution in [0, 0.1) is 6.92 Å². The second kappa shape index (κ2) is 7.65. The fraction of sp³-hybridized carbons (Fsp3) is 0.500. The molecule has 0 unspecified atom stereocenters. The fourth-order valence-corrected chi connectivity index (χ4v) is 3.12. The second-order valence-corrected chi connectivity index (χ2v) is 6.31. The van der Waals surface area contributed by atoms with Gasteiger partial charge in [-0.2, -0.15) is 5.10 Å². The van der Waals surface area contributed by atoms with E-state index in [2.05, 4.69) is 15.4 Å². The molecule has 3 rings (SSSR count). The molecule has 2 aromatic rings. The Labute approximate surface area is 148 Å². The zero-order valence-electron chi connectivity index (χ0n) is 15.0. The average Bonchev–Trinajstić information content (AvgIpc) is 2.97. The van der Waals surface area contributed by atoms with Crippen LogP contribution in [-0.4, -0.2) is 52.3 Å². The van der Waals surface area contributed by atoms with Gasteiger partial charge in [-0.05, 0) is 31.0 Å². The third kappa shape index (κ3) is 4.17. The van der Waals surface area contributed by atoms with Crippen molar-refractivity contribution in [3.63, 3.8) is 0 Å². The lowest BCUT2D eigenvalue weighted by molar-refractivity contribution is -0.139. The number of hydrogen-bond donors (Lipinski definition) is 1. The normalized spacial score (nSPS) is 17.6. The number of anilines is 1. The maximum atomic E-state index is 12.6. The Morgan fingerprint density at radius 2 is 2.28 bits per heavy atom. The van der Waals surface area contributed by atoms with Gasteiger partial charge in [0.2, 0.25) is 5.91 Å². The van der Waals surface area contributed by atoms with Gasteiger partial charge in [0.15, 0.2) is 0 Å². The first kappa shape index (κ1) is 17.4. The third-order valence-electron chi connectivity index (χ3n) is 4.50. The second-order valence-electron chi connectivity index (χ2n) is 6.31. The summed E-state index contributed by atoms with van der Waals surface area (Å²) < 4.78 is 7.62. The van der Waals surface area contributed by atoms with Gasteiger partial charge in [0, 0.05) is 33.3 Å². The number of aromatic nitrogens is 3. The van der Waals surface area contributed by atoms with E-state index in [0.29, 0.717) is 32.5 Å². The molecule has 0 aromatic carbocycles. The minimum absolute atomic E-state index is 0.154. The summed E-state index contributed by atoms with van der Waals surface area (Å²) in [6, 6.07) is 5.80. The van der Waals surface area contributed by atoms with E-state index in [1.54, 1.807) is 4.68 Å². The van der Waals surface area contributed by atoms with Crippen LogP contribution >= 0.6 is 0 Å². The van der Waals surface area contributed by atoms with Crippen molar-refractivity contribution < 1.29 is 9.53 Å². The molecule has 134 valence electrons. The van der Waals surface area contributed by atoms with Gasteiger partial charge in [0.1, 0.15) is 11.9 Å². The van der Waals surface area contributed by atoms with Crippen LogP contribution in [0.15, 0.2) is 24.4 Å². The van der Waals surface area contributed by atoms with Gasteiger partial charge in [-0.15, -0.1) is 0 Å².